The summed E-state index contributed by atoms with van der Waals surface area (Å²) < 4.78 is 11.2. The molecule has 1 fully saturated rings. The topological polar surface area (TPSA) is 58.1 Å². The number of hydrogen-bond acceptors (Lipinski definition) is 4. The molecule has 6 heteroatoms. The van der Waals surface area contributed by atoms with Crippen LogP contribution in [0.2, 0.25) is 0 Å². The molecule has 0 radical (unpaired) electrons. The van der Waals surface area contributed by atoms with Crippen LogP contribution in [0, 0.1) is 0 Å². The van der Waals surface area contributed by atoms with Crippen molar-refractivity contribution in [2.75, 3.05) is 40.0 Å². The number of ether oxygens (including phenoxy) is 2. The third kappa shape index (κ3) is 8.28. The molecule has 152 valence electrons. The summed E-state index contributed by atoms with van der Waals surface area (Å²) in [5, 5.41) is 6.77. The van der Waals surface area contributed by atoms with Crippen molar-refractivity contribution in [3.05, 3.63) is 35.9 Å². The Hall–Kier alpha value is -1.63. The van der Waals surface area contributed by atoms with Crippen molar-refractivity contribution in [2.45, 2.75) is 51.9 Å². The summed E-state index contributed by atoms with van der Waals surface area (Å²) >= 11 is 0. The maximum Gasteiger partial charge on any atom is 0.191 e. The van der Waals surface area contributed by atoms with Gasteiger partial charge in [0.25, 0.3) is 0 Å². The molecule has 1 heterocycles. The molecule has 3 atom stereocenters. The van der Waals surface area contributed by atoms with Gasteiger partial charge in [-0.2, -0.15) is 0 Å². The van der Waals surface area contributed by atoms with E-state index in [0.717, 1.165) is 38.6 Å². The zero-order valence-corrected chi connectivity index (χ0v) is 17.3. The smallest absolute Gasteiger partial charge is 0.191 e. The lowest BCUT2D eigenvalue weighted by molar-refractivity contribution is 0.0347. The Morgan fingerprint density at radius 1 is 1.33 bits per heavy atom. The quantitative estimate of drug-likeness (QED) is 0.485. The maximum absolute atomic E-state index is 5.90. The van der Waals surface area contributed by atoms with E-state index in [2.05, 4.69) is 73.7 Å². The fourth-order valence-corrected chi connectivity index (χ4v) is 2.91. The first kappa shape index (κ1) is 21.7. The summed E-state index contributed by atoms with van der Waals surface area (Å²) in [7, 11) is 2.15. The number of nitrogens with zero attached hydrogens (tertiary/aromatic N) is 2. The summed E-state index contributed by atoms with van der Waals surface area (Å²) in [6, 6.07) is 11.1. The van der Waals surface area contributed by atoms with Gasteiger partial charge in [-0.1, -0.05) is 30.3 Å². The minimum absolute atomic E-state index is 0.195. The Morgan fingerprint density at radius 3 is 2.78 bits per heavy atom. The van der Waals surface area contributed by atoms with Crippen LogP contribution in [-0.2, 0) is 16.0 Å². The predicted molar refractivity (Wildman–Crippen MR) is 111 cm³/mol. The lowest BCUT2D eigenvalue weighted by Crippen LogP contribution is -2.45. The molecule has 1 aromatic rings. The summed E-state index contributed by atoms with van der Waals surface area (Å²) in [5.74, 6) is 0.844. The van der Waals surface area contributed by atoms with E-state index in [9.17, 15) is 0 Å². The molecule has 1 aliphatic rings. The second kappa shape index (κ2) is 12.0. The van der Waals surface area contributed by atoms with E-state index in [-0.39, 0.29) is 12.1 Å². The van der Waals surface area contributed by atoms with Crippen molar-refractivity contribution in [3.63, 3.8) is 0 Å². The number of nitrogens with one attached hydrogen (secondary N) is 2. The Balaban J connectivity index is 1.78. The molecule has 1 saturated heterocycles. The summed E-state index contributed by atoms with van der Waals surface area (Å²) in [4.78, 5) is 7.10. The van der Waals surface area contributed by atoms with Crippen LogP contribution in [0.15, 0.2) is 35.3 Å². The van der Waals surface area contributed by atoms with E-state index in [0.29, 0.717) is 19.3 Å². The van der Waals surface area contributed by atoms with Crippen molar-refractivity contribution in [1.29, 1.82) is 0 Å². The fourth-order valence-electron chi connectivity index (χ4n) is 2.91. The van der Waals surface area contributed by atoms with Gasteiger partial charge in [-0.15, -0.1) is 0 Å². The van der Waals surface area contributed by atoms with Crippen molar-refractivity contribution < 1.29 is 9.47 Å². The van der Waals surface area contributed by atoms with Crippen LogP contribution in [0.3, 0.4) is 0 Å². The highest BCUT2D eigenvalue weighted by atomic mass is 16.5. The average Bonchev–Trinajstić information content (AvgIpc) is 3.19. The third-order valence-corrected chi connectivity index (χ3v) is 4.74. The zero-order valence-electron chi connectivity index (χ0n) is 17.3. The Kier molecular flexibility index (Phi) is 9.59. The Labute approximate surface area is 164 Å². The molecule has 0 aliphatic carbocycles. The molecule has 6 nitrogen and oxygen atoms in total. The Bertz CT molecular complexity index is 546. The standard InChI is InChI=1S/C21H36N4O2/c1-5-22-21(24-17(2)15-27-20-11-12-26-16-20)23-13-18(3)25(4)14-19-9-7-6-8-10-19/h6-10,17-18,20H,5,11-16H2,1-4H3,(H2,22,23,24). The van der Waals surface area contributed by atoms with Crippen LogP contribution in [0.1, 0.15) is 32.8 Å². The second-order valence-corrected chi connectivity index (χ2v) is 7.33. The van der Waals surface area contributed by atoms with Gasteiger partial charge in [-0.25, -0.2) is 0 Å². The van der Waals surface area contributed by atoms with E-state index < -0.39 is 0 Å². The second-order valence-electron chi connectivity index (χ2n) is 7.33. The molecule has 0 aromatic heterocycles. The molecule has 0 bridgehead atoms. The highest BCUT2D eigenvalue weighted by Crippen LogP contribution is 2.08. The van der Waals surface area contributed by atoms with Gasteiger partial charge in [0.2, 0.25) is 0 Å². The average molecular weight is 377 g/mol. The molecule has 1 aromatic carbocycles. The normalized spacial score (nSPS) is 19.9. The van der Waals surface area contributed by atoms with E-state index in [1.54, 1.807) is 0 Å². The molecule has 0 amide bonds. The number of benzene rings is 1. The minimum Gasteiger partial charge on any atom is -0.379 e. The van der Waals surface area contributed by atoms with Gasteiger partial charge in [0.1, 0.15) is 0 Å². The van der Waals surface area contributed by atoms with Crippen LogP contribution >= 0.6 is 0 Å². The Morgan fingerprint density at radius 2 is 2.11 bits per heavy atom. The molecule has 1 aliphatic heterocycles. The number of aliphatic imine (C=N–C) groups is 1. The molecular formula is C21H36N4O2. The number of likely N-dealkylation sites (N-methyl/N-ethyl adjacent to an activating group) is 1. The highest BCUT2D eigenvalue weighted by molar-refractivity contribution is 5.80. The van der Waals surface area contributed by atoms with Crippen LogP contribution in [0.5, 0.6) is 0 Å². The van der Waals surface area contributed by atoms with Crippen molar-refractivity contribution >= 4 is 5.96 Å². The molecule has 0 saturated carbocycles. The van der Waals surface area contributed by atoms with Gasteiger partial charge in [0, 0.05) is 31.8 Å². The van der Waals surface area contributed by atoms with Crippen LogP contribution in [0.4, 0.5) is 0 Å². The molecule has 0 spiro atoms. The van der Waals surface area contributed by atoms with Gasteiger partial charge >= 0.3 is 0 Å². The van der Waals surface area contributed by atoms with Gasteiger partial charge in [-0.05, 0) is 39.8 Å². The van der Waals surface area contributed by atoms with Gasteiger partial charge < -0.3 is 20.1 Å². The molecule has 3 unspecified atom stereocenters. The summed E-state index contributed by atoms with van der Waals surface area (Å²) in [6.07, 6.45) is 1.23. The van der Waals surface area contributed by atoms with Crippen LogP contribution in [0.25, 0.3) is 0 Å². The van der Waals surface area contributed by atoms with Gasteiger partial charge in [-0.3, -0.25) is 9.89 Å². The molecule has 2 rings (SSSR count). The summed E-state index contributed by atoms with van der Waals surface area (Å²) in [6.45, 7) is 11.1. The number of guanidine groups is 1. The number of rotatable bonds is 10. The van der Waals surface area contributed by atoms with Gasteiger partial charge in [0.15, 0.2) is 5.96 Å². The molecule has 27 heavy (non-hydrogen) atoms. The zero-order chi connectivity index (χ0) is 19.5. The predicted octanol–water partition coefficient (Wildman–Crippen LogP) is 2.26. The van der Waals surface area contributed by atoms with E-state index >= 15 is 0 Å². The van der Waals surface area contributed by atoms with Crippen molar-refractivity contribution in [1.82, 2.24) is 15.5 Å². The monoisotopic (exact) mass is 376 g/mol. The van der Waals surface area contributed by atoms with Crippen molar-refractivity contribution in [3.8, 4) is 0 Å². The van der Waals surface area contributed by atoms with Crippen molar-refractivity contribution in [2.24, 2.45) is 4.99 Å². The van der Waals surface area contributed by atoms with E-state index in [1.165, 1.54) is 5.56 Å². The fraction of sp³-hybridized carbons (Fsp3) is 0.667. The lowest BCUT2D eigenvalue weighted by Gasteiger charge is -2.24. The van der Waals surface area contributed by atoms with Crippen LogP contribution in [-0.4, -0.2) is 69.0 Å². The lowest BCUT2D eigenvalue weighted by atomic mass is 10.2. The minimum atomic E-state index is 0.195. The highest BCUT2D eigenvalue weighted by Gasteiger charge is 2.17. The first-order valence-corrected chi connectivity index (χ1v) is 10.1. The van der Waals surface area contributed by atoms with Gasteiger partial charge in [0.05, 0.1) is 25.9 Å². The van der Waals surface area contributed by atoms with Crippen LogP contribution < -0.4 is 10.6 Å². The summed E-state index contributed by atoms with van der Waals surface area (Å²) in [5.41, 5.74) is 1.32. The third-order valence-electron chi connectivity index (χ3n) is 4.74. The SMILES string of the molecule is CCNC(=NCC(C)N(C)Cc1ccccc1)NC(C)COC1CCOC1. The molecular weight excluding hydrogens is 340 g/mol. The maximum atomic E-state index is 5.90. The van der Waals surface area contributed by atoms with E-state index in [4.69, 9.17) is 14.5 Å². The van der Waals surface area contributed by atoms with E-state index in [1.807, 2.05) is 0 Å². The number of hydrogen-bond donors (Lipinski definition) is 2. The first-order valence-electron chi connectivity index (χ1n) is 10.1. The molecule has 2 N–H and O–H groups in total. The first-order chi connectivity index (χ1) is 13.1. The largest absolute Gasteiger partial charge is 0.379 e.